The van der Waals surface area contributed by atoms with E-state index in [4.69, 9.17) is 16.2 Å². The zero-order valence-electron chi connectivity index (χ0n) is 15.4. The van der Waals surface area contributed by atoms with Gasteiger partial charge in [0.2, 0.25) is 0 Å². The first-order valence-corrected chi connectivity index (χ1v) is 8.87. The Kier molecular flexibility index (Phi) is 6.05. The molecule has 1 aliphatic heterocycles. The van der Waals surface area contributed by atoms with E-state index in [1.807, 2.05) is 37.3 Å². The molecule has 8 nitrogen and oxygen atoms in total. The molecule has 2 aromatic rings. The summed E-state index contributed by atoms with van der Waals surface area (Å²) in [6, 6.07) is 9.80. The summed E-state index contributed by atoms with van der Waals surface area (Å²) in [5.74, 6) is 0.344. The van der Waals surface area contributed by atoms with Crippen molar-refractivity contribution < 1.29 is 13.9 Å². The van der Waals surface area contributed by atoms with E-state index in [9.17, 15) is 9.18 Å². The second kappa shape index (κ2) is 8.66. The number of carbonyl (C=O) groups is 1. The molecule has 1 aromatic heterocycles. The molecule has 1 saturated heterocycles. The number of aromatic nitrogens is 1. The molecular weight excluding hydrogens is 363 g/mol. The van der Waals surface area contributed by atoms with Crippen molar-refractivity contribution in [3.05, 3.63) is 53.7 Å². The Labute approximate surface area is 162 Å². The molecule has 28 heavy (non-hydrogen) atoms. The van der Waals surface area contributed by atoms with Crippen molar-refractivity contribution in [3.8, 4) is 0 Å². The third-order valence-electron chi connectivity index (χ3n) is 4.39. The first kappa shape index (κ1) is 19.6. The Bertz CT molecular complexity index is 861. The molecule has 1 aromatic carbocycles. The van der Waals surface area contributed by atoms with Crippen molar-refractivity contribution in [2.75, 3.05) is 24.3 Å². The molecule has 0 unspecified atom stereocenters. The van der Waals surface area contributed by atoms with Gasteiger partial charge in [-0.2, -0.15) is 0 Å². The SMILES string of the molecule is C[C@@H](NC(=O)Nc1cc(N)c(C(N)=N[C@@H]2COC[C@@H]2F)cn1)c1ccccc1. The van der Waals surface area contributed by atoms with Crippen molar-refractivity contribution in [1.82, 2.24) is 10.3 Å². The number of amides is 2. The van der Waals surface area contributed by atoms with E-state index < -0.39 is 18.2 Å². The second-order valence-electron chi connectivity index (χ2n) is 6.52. The largest absolute Gasteiger partial charge is 0.398 e. The van der Waals surface area contributed by atoms with E-state index in [0.717, 1.165) is 5.56 Å². The number of hydrogen-bond donors (Lipinski definition) is 4. The Morgan fingerprint density at radius 1 is 1.36 bits per heavy atom. The Balaban J connectivity index is 1.63. The highest BCUT2D eigenvalue weighted by molar-refractivity contribution is 6.02. The van der Waals surface area contributed by atoms with Gasteiger partial charge in [0, 0.05) is 18.0 Å². The van der Waals surface area contributed by atoms with Crippen LogP contribution in [0.1, 0.15) is 24.1 Å². The lowest BCUT2D eigenvalue weighted by molar-refractivity contribution is 0.173. The second-order valence-corrected chi connectivity index (χ2v) is 6.52. The number of rotatable bonds is 5. The smallest absolute Gasteiger partial charge is 0.320 e. The molecule has 1 aliphatic rings. The third-order valence-corrected chi connectivity index (χ3v) is 4.39. The predicted octanol–water partition coefficient (Wildman–Crippen LogP) is 1.99. The summed E-state index contributed by atoms with van der Waals surface area (Å²) >= 11 is 0. The fourth-order valence-electron chi connectivity index (χ4n) is 2.81. The van der Waals surface area contributed by atoms with Crippen molar-refractivity contribution in [2.45, 2.75) is 25.2 Å². The van der Waals surface area contributed by atoms with Crippen molar-refractivity contribution in [1.29, 1.82) is 0 Å². The number of benzene rings is 1. The molecule has 0 spiro atoms. The maximum absolute atomic E-state index is 13.6. The number of aliphatic imine (C=N–C) groups is 1. The van der Waals surface area contributed by atoms with Crippen LogP contribution in [-0.2, 0) is 4.74 Å². The standard InChI is InChI=1S/C19H23FN6O2/c1-11(12-5-3-2-4-6-12)24-19(27)26-17-7-15(21)13(8-23-17)18(22)25-16-10-28-9-14(16)20/h2-8,11,14,16H,9-10H2,1H3,(H2,22,25)(H4,21,23,24,26,27)/t11-,14+,16-/m1/s1. The van der Waals surface area contributed by atoms with Crippen LogP contribution in [0.2, 0.25) is 0 Å². The number of alkyl halides is 1. The van der Waals surface area contributed by atoms with Crippen molar-refractivity contribution >= 4 is 23.4 Å². The highest BCUT2D eigenvalue weighted by Crippen LogP contribution is 2.18. The van der Waals surface area contributed by atoms with Gasteiger partial charge < -0.3 is 21.5 Å². The van der Waals surface area contributed by atoms with Crippen LogP contribution in [0.5, 0.6) is 0 Å². The number of halogens is 1. The quantitative estimate of drug-likeness (QED) is 0.462. The average Bonchev–Trinajstić information content (AvgIpc) is 3.07. The molecule has 0 radical (unpaired) electrons. The first-order chi connectivity index (χ1) is 13.4. The number of pyridine rings is 1. The van der Waals surface area contributed by atoms with Gasteiger partial charge in [0.25, 0.3) is 0 Å². The first-order valence-electron chi connectivity index (χ1n) is 8.87. The van der Waals surface area contributed by atoms with Gasteiger partial charge in [-0.15, -0.1) is 0 Å². The fourth-order valence-corrected chi connectivity index (χ4v) is 2.81. The van der Waals surface area contributed by atoms with Gasteiger partial charge in [-0.05, 0) is 12.5 Å². The van der Waals surface area contributed by atoms with Gasteiger partial charge in [-0.3, -0.25) is 10.3 Å². The minimum absolute atomic E-state index is 0.00848. The van der Waals surface area contributed by atoms with E-state index in [0.29, 0.717) is 5.56 Å². The van der Waals surface area contributed by atoms with E-state index in [-0.39, 0.29) is 36.6 Å². The zero-order valence-corrected chi connectivity index (χ0v) is 15.4. The molecule has 2 heterocycles. The van der Waals surface area contributed by atoms with Gasteiger partial charge in [0.05, 0.1) is 24.8 Å². The number of nitrogens with zero attached hydrogens (tertiary/aromatic N) is 2. The molecule has 3 atom stereocenters. The van der Waals surface area contributed by atoms with E-state index in [1.54, 1.807) is 0 Å². The van der Waals surface area contributed by atoms with Crippen LogP contribution in [-0.4, -0.2) is 42.3 Å². The lowest BCUT2D eigenvalue weighted by Gasteiger charge is -2.15. The lowest BCUT2D eigenvalue weighted by Crippen LogP contribution is -2.31. The maximum atomic E-state index is 13.6. The third kappa shape index (κ3) is 4.74. The van der Waals surface area contributed by atoms with Crippen LogP contribution >= 0.6 is 0 Å². The van der Waals surface area contributed by atoms with Gasteiger partial charge in [-0.25, -0.2) is 14.2 Å². The Morgan fingerprint density at radius 3 is 2.75 bits per heavy atom. The maximum Gasteiger partial charge on any atom is 0.320 e. The summed E-state index contributed by atoms with van der Waals surface area (Å²) < 4.78 is 18.6. The minimum atomic E-state index is -1.19. The van der Waals surface area contributed by atoms with Crippen molar-refractivity contribution in [3.63, 3.8) is 0 Å². The van der Waals surface area contributed by atoms with E-state index in [1.165, 1.54) is 12.3 Å². The Morgan fingerprint density at radius 2 is 2.11 bits per heavy atom. The highest BCUT2D eigenvalue weighted by atomic mass is 19.1. The number of ether oxygens (including phenoxy) is 1. The molecular formula is C19H23FN6O2. The number of amidine groups is 1. The van der Waals surface area contributed by atoms with Gasteiger partial charge in [0.1, 0.15) is 23.9 Å². The van der Waals surface area contributed by atoms with Crippen LogP contribution in [0.25, 0.3) is 0 Å². The summed E-state index contributed by atoms with van der Waals surface area (Å²) in [5.41, 5.74) is 13.6. The fraction of sp³-hybridized carbons (Fsp3) is 0.316. The molecule has 148 valence electrons. The normalized spacial score (nSPS) is 20.6. The lowest BCUT2D eigenvalue weighted by atomic mass is 10.1. The Hall–Kier alpha value is -3.20. The summed E-state index contributed by atoms with van der Waals surface area (Å²) in [7, 11) is 0. The van der Waals surface area contributed by atoms with Gasteiger partial charge in [-0.1, -0.05) is 30.3 Å². The number of nitrogens with one attached hydrogen (secondary N) is 2. The number of urea groups is 1. The molecule has 9 heteroatoms. The van der Waals surface area contributed by atoms with Crippen LogP contribution in [0.4, 0.5) is 20.7 Å². The van der Waals surface area contributed by atoms with Crippen LogP contribution in [0.15, 0.2) is 47.6 Å². The summed E-state index contributed by atoms with van der Waals surface area (Å²) in [6.07, 6.45) is 0.206. The van der Waals surface area contributed by atoms with Crippen LogP contribution in [0.3, 0.4) is 0 Å². The van der Waals surface area contributed by atoms with Crippen LogP contribution < -0.4 is 22.1 Å². The molecule has 0 bridgehead atoms. The topological polar surface area (TPSA) is 128 Å². The average molecular weight is 386 g/mol. The molecule has 0 aliphatic carbocycles. The summed E-state index contributed by atoms with van der Waals surface area (Å²) in [4.78, 5) is 20.4. The minimum Gasteiger partial charge on any atom is -0.398 e. The number of hydrogen-bond acceptors (Lipinski definition) is 5. The number of nitrogens with two attached hydrogens (primary N) is 2. The van der Waals surface area contributed by atoms with Gasteiger partial charge in [0.15, 0.2) is 0 Å². The van der Waals surface area contributed by atoms with Crippen molar-refractivity contribution in [2.24, 2.45) is 10.7 Å². The molecule has 1 fully saturated rings. The predicted molar refractivity (Wildman–Crippen MR) is 106 cm³/mol. The number of anilines is 2. The number of nitrogen functional groups attached to an aromatic ring is 1. The number of carbonyl (C=O) groups excluding carboxylic acids is 1. The zero-order chi connectivity index (χ0) is 20.1. The monoisotopic (exact) mass is 386 g/mol. The van der Waals surface area contributed by atoms with Gasteiger partial charge >= 0.3 is 6.03 Å². The van der Waals surface area contributed by atoms with E-state index >= 15 is 0 Å². The molecule has 0 saturated carbocycles. The van der Waals surface area contributed by atoms with E-state index in [2.05, 4.69) is 20.6 Å². The highest BCUT2D eigenvalue weighted by Gasteiger charge is 2.28. The summed E-state index contributed by atoms with van der Waals surface area (Å²) in [6.45, 7) is 2.06. The molecule has 6 N–H and O–H groups in total. The van der Waals surface area contributed by atoms with Crippen LogP contribution in [0, 0.1) is 0 Å². The molecule has 2 amide bonds. The molecule has 3 rings (SSSR count). The summed E-state index contributed by atoms with van der Waals surface area (Å²) in [5, 5.41) is 5.45.